The number of aryl methyl sites for hydroxylation is 2. The van der Waals surface area contributed by atoms with Crippen LogP contribution in [0, 0.1) is 0 Å². The summed E-state index contributed by atoms with van der Waals surface area (Å²) in [5.74, 6) is 1.51. The van der Waals surface area contributed by atoms with Crippen LogP contribution in [0.2, 0.25) is 0 Å². The first-order valence-corrected chi connectivity index (χ1v) is 7.17. The molecule has 0 unspecified atom stereocenters. The molecule has 2 aromatic heterocycles. The molecule has 5 nitrogen and oxygen atoms in total. The third-order valence-corrected chi connectivity index (χ3v) is 4.02. The van der Waals surface area contributed by atoms with Crippen LogP contribution in [0.5, 0.6) is 11.6 Å². The SMILES string of the molecule is COc1ccc2c(c1)-c1c(nn(-c3ccccn3)c1O)CC2. The first-order chi connectivity index (χ1) is 10.8. The molecule has 0 saturated heterocycles. The fraction of sp³-hybridized carbons (Fsp3) is 0.176. The van der Waals surface area contributed by atoms with Gasteiger partial charge in [-0.05, 0) is 48.2 Å². The van der Waals surface area contributed by atoms with Crippen molar-refractivity contribution in [3.63, 3.8) is 0 Å². The van der Waals surface area contributed by atoms with Crippen LogP contribution in [0.25, 0.3) is 16.9 Å². The van der Waals surface area contributed by atoms with E-state index in [1.54, 1.807) is 13.3 Å². The van der Waals surface area contributed by atoms with E-state index in [0.717, 1.165) is 35.4 Å². The van der Waals surface area contributed by atoms with Gasteiger partial charge in [0, 0.05) is 6.20 Å². The van der Waals surface area contributed by atoms with Gasteiger partial charge in [0.1, 0.15) is 5.75 Å². The highest BCUT2D eigenvalue weighted by atomic mass is 16.5. The smallest absolute Gasteiger partial charge is 0.224 e. The van der Waals surface area contributed by atoms with Crippen molar-refractivity contribution in [3.8, 4) is 28.6 Å². The number of hydrogen-bond donors (Lipinski definition) is 1. The number of hydrogen-bond acceptors (Lipinski definition) is 4. The van der Waals surface area contributed by atoms with Crippen LogP contribution < -0.4 is 4.74 Å². The predicted molar refractivity (Wildman–Crippen MR) is 82.4 cm³/mol. The Kier molecular flexibility index (Phi) is 2.85. The Hall–Kier alpha value is -2.82. The monoisotopic (exact) mass is 293 g/mol. The number of aromatic nitrogens is 3. The summed E-state index contributed by atoms with van der Waals surface area (Å²) in [4.78, 5) is 4.26. The maximum Gasteiger partial charge on any atom is 0.224 e. The molecule has 5 heteroatoms. The van der Waals surface area contributed by atoms with Gasteiger partial charge in [0.15, 0.2) is 5.82 Å². The van der Waals surface area contributed by atoms with Gasteiger partial charge in [-0.15, -0.1) is 0 Å². The van der Waals surface area contributed by atoms with E-state index in [-0.39, 0.29) is 5.88 Å². The molecule has 22 heavy (non-hydrogen) atoms. The van der Waals surface area contributed by atoms with Gasteiger partial charge in [0.25, 0.3) is 0 Å². The Morgan fingerprint density at radius 2 is 2.09 bits per heavy atom. The lowest BCUT2D eigenvalue weighted by Gasteiger charge is -2.16. The number of nitrogens with zero attached hydrogens (tertiary/aromatic N) is 3. The molecule has 1 aliphatic rings. The highest BCUT2D eigenvalue weighted by molar-refractivity contribution is 5.77. The maximum atomic E-state index is 10.7. The lowest BCUT2D eigenvalue weighted by molar-refractivity contribution is 0.414. The third-order valence-electron chi connectivity index (χ3n) is 4.02. The fourth-order valence-electron chi connectivity index (χ4n) is 2.93. The minimum atomic E-state index is 0.128. The average molecular weight is 293 g/mol. The number of fused-ring (bicyclic) bond motifs is 3. The minimum absolute atomic E-state index is 0.128. The molecule has 0 spiro atoms. The molecule has 0 fully saturated rings. The molecule has 0 amide bonds. The number of aromatic hydroxyl groups is 1. The topological polar surface area (TPSA) is 60.2 Å². The summed E-state index contributed by atoms with van der Waals surface area (Å²) in [6.45, 7) is 0. The number of pyridine rings is 1. The van der Waals surface area contributed by atoms with Crippen LogP contribution in [-0.4, -0.2) is 27.0 Å². The van der Waals surface area contributed by atoms with Crippen molar-refractivity contribution in [1.29, 1.82) is 0 Å². The summed E-state index contributed by atoms with van der Waals surface area (Å²) in [6, 6.07) is 11.5. The molecule has 0 atom stereocenters. The highest BCUT2D eigenvalue weighted by Crippen LogP contribution is 2.41. The van der Waals surface area contributed by atoms with Gasteiger partial charge in [-0.25, -0.2) is 4.98 Å². The van der Waals surface area contributed by atoms with Crippen molar-refractivity contribution in [2.45, 2.75) is 12.8 Å². The second-order valence-corrected chi connectivity index (χ2v) is 5.27. The lowest BCUT2D eigenvalue weighted by atomic mass is 9.89. The van der Waals surface area contributed by atoms with Gasteiger partial charge >= 0.3 is 0 Å². The zero-order valence-corrected chi connectivity index (χ0v) is 12.2. The van der Waals surface area contributed by atoms with E-state index in [4.69, 9.17) is 4.74 Å². The van der Waals surface area contributed by atoms with Gasteiger partial charge in [-0.3, -0.25) is 0 Å². The van der Waals surface area contributed by atoms with E-state index in [0.29, 0.717) is 5.82 Å². The Bertz CT molecular complexity index is 841. The summed E-state index contributed by atoms with van der Waals surface area (Å²) in [6.07, 6.45) is 3.40. The van der Waals surface area contributed by atoms with Crippen molar-refractivity contribution in [1.82, 2.24) is 14.8 Å². The standard InChI is InChI=1S/C17H15N3O2/c1-22-12-7-5-11-6-8-14-16(13(11)10-12)17(21)20(19-14)15-4-2-3-9-18-15/h2-5,7,9-10,21H,6,8H2,1H3. The largest absolute Gasteiger partial charge is 0.497 e. The van der Waals surface area contributed by atoms with Crippen LogP contribution in [0.3, 0.4) is 0 Å². The van der Waals surface area contributed by atoms with Gasteiger partial charge in [-0.2, -0.15) is 9.78 Å². The average Bonchev–Trinajstić information content (AvgIpc) is 2.92. The third kappa shape index (κ3) is 1.86. The van der Waals surface area contributed by atoms with Crippen LogP contribution in [0.15, 0.2) is 42.6 Å². The molecule has 110 valence electrons. The zero-order chi connectivity index (χ0) is 15.1. The number of methoxy groups -OCH3 is 1. The van der Waals surface area contributed by atoms with E-state index < -0.39 is 0 Å². The van der Waals surface area contributed by atoms with Crippen LogP contribution >= 0.6 is 0 Å². The maximum absolute atomic E-state index is 10.7. The van der Waals surface area contributed by atoms with E-state index in [2.05, 4.69) is 16.1 Å². The Morgan fingerprint density at radius 1 is 1.18 bits per heavy atom. The molecular formula is C17H15N3O2. The molecule has 2 heterocycles. The Morgan fingerprint density at radius 3 is 2.86 bits per heavy atom. The molecule has 0 saturated carbocycles. The summed E-state index contributed by atoms with van der Waals surface area (Å²) in [7, 11) is 1.64. The lowest BCUT2D eigenvalue weighted by Crippen LogP contribution is -2.03. The van der Waals surface area contributed by atoms with Crippen molar-refractivity contribution in [2.24, 2.45) is 0 Å². The van der Waals surface area contributed by atoms with Crippen LogP contribution in [0.4, 0.5) is 0 Å². The minimum Gasteiger partial charge on any atom is -0.497 e. The van der Waals surface area contributed by atoms with Crippen molar-refractivity contribution >= 4 is 0 Å². The molecule has 0 aliphatic heterocycles. The fourth-order valence-corrected chi connectivity index (χ4v) is 2.93. The van der Waals surface area contributed by atoms with Crippen LogP contribution in [-0.2, 0) is 12.8 Å². The van der Waals surface area contributed by atoms with Crippen molar-refractivity contribution in [2.75, 3.05) is 7.11 Å². The van der Waals surface area contributed by atoms with E-state index in [1.807, 2.05) is 30.3 Å². The Labute approximate surface area is 127 Å². The molecule has 1 N–H and O–H groups in total. The molecule has 1 aromatic carbocycles. The molecule has 1 aliphatic carbocycles. The number of benzene rings is 1. The predicted octanol–water partition coefficient (Wildman–Crippen LogP) is 2.75. The van der Waals surface area contributed by atoms with Crippen molar-refractivity contribution in [3.05, 3.63) is 53.9 Å². The first kappa shape index (κ1) is 12.9. The normalized spacial score (nSPS) is 12.6. The molecule has 0 bridgehead atoms. The zero-order valence-electron chi connectivity index (χ0n) is 12.2. The van der Waals surface area contributed by atoms with E-state index >= 15 is 0 Å². The summed E-state index contributed by atoms with van der Waals surface area (Å²) in [5, 5.41) is 15.2. The number of rotatable bonds is 2. The molecular weight excluding hydrogens is 278 g/mol. The van der Waals surface area contributed by atoms with Crippen molar-refractivity contribution < 1.29 is 9.84 Å². The summed E-state index contributed by atoms with van der Waals surface area (Å²) < 4.78 is 6.80. The first-order valence-electron chi connectivity index (χ1n) is 7.17. The summed E-state index contributed by atoms with van der Waals surface area (Å²) in [5.41, 5.74) is 3.86. The van der Waals surface area contributed by atoms with Gasteiger partial charge in [0.05, 0.1) is 18.4 Å². The quantitative estimate of drug-likeness (QED) is 0.789. The molecule has 3 aromatic rings. The second-order valence-electron chi connectivity index (χ2n) is 5.27. The molecule has 0 radical (unpaired) electrons. The second kappa shape index (κ2) is 4.87. The van der Waals surface area contributed by atoms with E-state index in [9.17, 15) is 5.11 Å². The van der Waals surface area contributed by atoms with Crippen LogP contribution in [0.1, 0.15) is 11.3 Å². The number of ether oxygens (including phenoxy) is 1. The van der Waals surface area contributed by atoms with Gasteiger partial charge in [0.2, 0.25) is 5.88 Å². The highest BCUT2D eigenvalue weighted by Gasteiger charge is 2.26. The van der Waals surface area contributed by atoms with Gasteiger partial charge in [-0.1, -0.05) is 12.1 Å². The Balaban J connectivity index is 1.92. The van der Waals surface area contributed by atoms with Gasteiger partial charge < -0.3 is 9.84 Å². The molecule has 4 rings (SSSR count). The van der Waals surface area contributed by atoms with E-state index in [1.165, 1.54) is 10.2 Å². The summed E-state index contributed by atoms with van der Waals surface area (Å²) >= 11 is 0.